The van der Waals surface area contributed by atoms with Crippen molar-refractivity contribution in [3.8, 4) is 11.5 Å². The number of rotatable bonds is 4. The van der Waals surface area contributed by atoms with Gasteiger partial charge in [0.25, 0.3) is 0 Å². The third-order valence-corrected chi connectivity index (χ3v) is 3.45. The molecule has 2 rings (SSSR count). The second-order valence-electron chi connectivity index (χ2n) is 4.51. The van der Waals surface area contributed by atoms with Gasteiger partial charge in [0, 0.05) is 10.0 Å². The van der Waals surface area contributed by atoms with Crippen molar-refractivity contribution in [1.29, 1.82) is 0 Å². The normalized spacial score (nSPS) is 10.3. The molecule has 2 aromatic carbocycles. The first-order chi connectivity index (χ1) is 9.10. The first kappa shape index (κ1) is 13.9. The fourth-order valence-electron chi connectivity index (χ4n) is 1.98. The van der Waals surface area contributed by atoms with Gasteiger partial charge in [-0.05, 0) is 43.7 Å². The molecule has 0 fully saturated rings. The molecule has 0 radical (unpaired) electrons. The van der Waals surface area contributed by atoms with Gasteiger partial charge in [-0.1, -0.05) is 33.6 Å². The van der Waals surface area contributed by atoms with E-state index in [1.807, 2.05) is 24.3 Å². The Morgan fingerprint density at radius 1 is 1.00 bits per heavy atom. The van der Waals surface area contributed by atoms with Crippen molar-refractivity contribution in [3.63, 3.8) is 0 Å². The molecule has 0 aromatic heterocycles. The van der Waals surface area contributed by atoms with Crippen LogP contribution in [0.2, 0.25) is 0 Å². The third-order valence-electron chi connectivity index (χ3n) is 2.96. The summed E-state index contributed by atoms with van der Waals surface area (Å²) in [5.41, 5.74) is 3.41. The van der Waals surface area contributed by atoms with Gasteiger partial charge in [-0.25, -0.2) is 0 Å². The van der Waals surface area contributed by atoms with Gasteiger partial charge in [0.2, 0.25) is 0 Å². The minimum atomic E-state index is 0.493. The molecule has 2 aromatic rings. The Hall–Kier alpha value is -1.48. The molecule has 3 heteroatoms. The Morgan fingerprint density at radius 3 is 2.42 bits per heavy atom. The molecule has 0 amide bonds. The molecule has 0 saturated heterocycles. The molecule has 0 unspecified atom stereocenters. The molecule has 19 heavy (non-hydrogen) atoms. The number of hydrogen-bond acceptors (Lipinski definition) is 2. The number of aryl methyl sites for hydroxylation is 2. The average molecular weight is 321 g/mol. The lowest BCUT2D eigenvalue weighted by Gasteiger charge is -2.12. The number of benzene rings is 2. The third kappa shape index (κ3) is 3.51. The van der Waals surface area contributed by atoms with Crippen LogP contribution >= 0.6 is 15.9 Å². The highest BCUT2D eigenvalue weighted by Crippen LogP contribution is 2.26. The minimum absolute atomic E-state index is 0.493. The van der Waals surface area contributed by atoms with Gasteiger partial charge in [0.1, 0.15) is 18.1 Å². The molecular formula is C16H17BrO2. The Balaban J connectivity index is 2.16. The highest BCUT2D eigenvalue weighted by molar-refractivity contribution is 9.10. The van der Waals surface area contributed by atoms with E-state index in [9.17, 15) is 0 Å². The number of halogens is 1. The van der Waals surface area contributed by atoms with Crippen LogP contribution in [0, 0.1) is 13.8 Å². The maximum absolute atomic E-state index is 5.87. The lowest BCUT2D eigenvalue weighted by atomic mass is 10.1. The Bertz CT molecular complexity index is 579. The van der Waals surface area contributed by atoms with E-state index in [4.69, 9.17) is 9.47 Å². The van der Waals surface area contributed by atoms with E-state index in [1.165, 1.54) is 5.56 Å². The zero-order chi connectivity index (χ0) is 13.8. The van der Waals surface area contributed by atoms with Crippen LogP contribution in [0.5, 0.6) is 11.5 Å². The van der Waals surface area contributed by atoms with Gasteiger partial charge in [0.05, 0.1) is 7.11 Å². The maximum atomic E-state index is 5.87. The fourth-order valence-corrected chi connectivity index (χ4v) is 2.39. The van der Waals surface area contributed by atoms with Gasteiger partial charge in [0.15, 0.2) is 0 Å². The molecule has 2 nitrogen and oxygen atoms in total. The Kier molecular flexibility index (Phi) is 4.48. The molecule has 0 aliphatic rings. The number of ether oxygens (including phenoxy) is 2. The fraction of sp³-hybridized carbons (Fsp3) is 0.250. The zero-order valence-electron chi connectivity index (χ0n) is 11.4. The van der Waals surface area contributed by atoms with E-state index in [0.717, 1.165) is 27.1 Å². The summed E-state index contributed by atoms with van der Waals surface area (Å²) in [5, 5.41) is 0. The van der Waals surface area contributed by atoms with Crippen LogP contribution < -0.4 is 9.47 Å². The Morgan fingerprint density at radius 2 is 1.74 bits per heavy atom. The molecular weight excluding hydrogens is 304 g/mol. The predicted octanol–water partition coefficient (Wildman–Crippen LogP) is 4.65. The molecule has 0 aliphatic carbocycles. The molecule has 0 bridgehead atoms. The van der Waals surface area contributed by atoms with Gasteiger partial charge in [-0.15, -0.1) is 0 Å². The van der Waals surface area contributed by atoms with Gasteiger partial charge in [-0.3, -0.25) is 0 Å². The van der Waals surface area contributed by atoms with E-state index in [0.29, 0.717) is 6.61 Å². The zero-order valence-corrected chi connectivity index (χ0v) is 13.0. The number of hydrogen-bond donors (Lipinski definition) is 0. The second-order valence-corrected chi connectivity index (χ2v) is 5.43. The monoisotopic (exact) mass is 320 g/mol. The van der Waals surface area contributed by atoms with Crippen LogP contribution in [0.4, 0.5) is 0 Å². The molecule has 0 N–H and O–H groups in total. The highest BCUT2D eigenvalue weighted by atomic mass is 79.9. The van der Waals surface area contributed by atoms with Crippen LogP contribution in [0.25, 0.3) is 0 Å². The van der Waals surface area contributed by atoms with E-state index in [1.54, 1.807) is 7.11 Å². The molecule has 0 spiro atoms. The number of methoxy groups -OCH3 is 1. The molecule has 0 saturated carbocycles. The topological polar surface area (TPSA) is 18.5 Å². The van der Waals surface area contributed by atoms with E-state index in [2.05, 4.69) is 41.9 Å². The van der Waals surface area contributed by atoms with Crippen LogP contribution in [0.15, 0.2) is 40.9 Å². The van der Waals surface area contributed by atoms with E-state index >= 15 is 0 Å². The van der Waals surface area contributed by atoms with Crippen LogP contribution in [-0.4, -0.2) is 7.11 Å². The first-order valence-corrected chi connectivity index (χ1v) is 6.92. The summed E-state index contributed by atoms with van der Waals surface area (Å²) in [6, 6.07) is 12.1. The predicted molar refractivity (Wildman–Crippen MR) is 80.9 cm³/mol. The summed E-state index contributed by atoms with van der Waals surface area (Å²) in [6.45, 7) is 4.63. The van der Waals surface area contributed by atoms with Crippen molar-refractivity contribution < 1.29 is 9.47 Å². The van der Waals surface area contributed by atoms with Crippen LogP contribution in [0.3, 0.4) is 0 Å². The summed E-state index contributed by atoms with van der Waals surface area (Å²) in [6.07, 6.45) is 0. The van der Waals surface area contributed by atoms with Crippen LogP contribution in [-0.2, 0) is 6.61 Å². The summed E-state index contributed by atoms with van der Waals surface area (Å²) in [4.78, 5) is 0. The smallest absolute Gasteiger partial charge is 0.125 e. The standard InChI is InChI=1S/C16H17BrO2/c1-11-4-6-15(12(2)8-11)19-10-13-9-14(17)5-7-16(13)18-3/h4-9H,10H2,1-3H3. The molecule has 0 aliphatic heterocycles. The molecule has 100 valence electrons. The first-order valence-electron chi connectivity index (χ1n) is 6.12. The van der Waals surface area contributed by atoms with E-state index in [-0.39, 0.29) is 0 Å². The summed E-state index contributed by atoms with van der Waals surface area (Å²) in [7, 11) is 1.67. The van der Waals surface area contributed by atoms with Crippen molar-refractivity contribution in [2.45, 2.75) is 20.5 Å². The lowest BCUT2D eigenvalue weighted by Crippen LogP contribution is -2.00. The van der Waals surface area contributed by atoms with Crippen molar-refractivity contribution in [2.24, 2.45) is 0 Å². The molecule has 0 heterocycles. The quantitative estimate of drug-likeness (QED) is 0.816. The largest absolute Gasteiger partial charge is 0.496 e. The highest BCUT2D eigenvalue weighted by Gasteiger charge is 2.06. The average Bonchev–Trinajstić information content (AvgIpc) is 2.38. The Labute approximate surface area is 122 Å². The summed E-state index contributed by atoms with van der Waals surface area (Å²) in [5.74, 6) is 1.75. The van der Waals surface area contributed by atoms with Crippen LogP contribution in [0.1, 0.15) is 16.7 Å². The maximum Gasteiger partial charge on any atom is 0.125 e. The van der Waals surface area contributed by atoms with Crippen molar-refractivity contribution in [1.82, 2.24) is 0 Å². The SMILES string of the molecule is COc1ccc(Br)cc1COc1ccc(C)cc1C. The van der Waals surface area contributed by atoms with Crippen molar-refractivity contribution >= 4 is 15.9 Å². The van der Waals surface area contributed by atoms with Crippen molar-refractivity contribution in [3.05, 3.63) is 57.6 Å². The van der Waals surface area contributed by atoms with Gasteiger partial charge >= 0.3 is 0 Å². The summed E-state index contributed by atoms with van der Waals surface area (Å²) >= 11 is 3.46. The second kappa shape index (κ2) is 6.11. The van der Waals surface area contributed by atoms with Crippen molar-refractivity contribution in [2.75, 3.05) is 7.11 Å². The van der Waals surface area contributed by atoms with E-state index < -0.39 is 0 Å². The van der Waals surface area contributed by atoms with Gasteiger partial charge in [-0.2, -0.15) is 0 Å². The van der Waals surface area contributed by atoms with Gasteiger partial charge < -0.3 is 9.47 Å². The molecule has 0 atom stereocenters. The summed E-state index contributed by atoms with van der Waals surface area (Å²) < 4.78 is 12.2. The lowest BCUT2D eigenvalue weighted by molar-refractivity contribution is 0.294. The minimum Gasteiger partial charge on any atom is -0.496 e.